The van der Waals surface area contributed by atoms with Gasteiger partial charge in [0.05, 0.1) is 12.1 Å². The first-order valence-corrected chi connectivity index (χ1v) is 13.4. The third-order valence-corrected chi connectivity index (χ3v) is 9.19. The highest BCUT2D eigenvalue weighted by atomic mass is 32.2. The largest absolute Gasteiger partial charge is 0.476 e. The van der Waals surface area contributed by atoms with Gasteiger partial charge in [-0.25, -0.2) is 14.6 Å². The van der Waals surface area contributed by atoms with Gasteiger partial charge in [0.1, 0.15) is 6.61 Å². The second-order valence-corrected chi connectivity index (χ2v) is 11.4. The summed E-state index contributed by atoms with van der Waals surface area (Å²) in [6.45, 7) is 0.770. The standard InChI is InChI=1S/C23H32N2O5S2/c26-19(23(9-4-10-23)13-16-5-2-1-3-6-16)8-7-17-14-30-22(29)25(17)11-12-31-21-24-18(15-32-21)20(27)28/h7-8,15-17,19,26H,1-6,9-14H2,(H,27,28)/t17-,19+/m0/s1. The Morgan fingerprint density at radius 2 is 2.12 bits per heavy atom. The van der Waals surface area contributed by atoms with Crippen molar-refractivity contribution in [2.45, 2.75) is 74.3 Å². The molecule has 0 spiro atoms. The lowest BCUT2D eigenvalue weighted by Crippen LogP contribution is -2.42. The number of carboxylic acids is 1. The van der Waals surface area contributed by atoms with E-state index in [4.69, 9.17) is 9.84 Å². The monoisotopic (exact) mass is 480 g/mol. The molecule has 2 saturated carbocycles. The summed E-state index contributed by atoms with van der Waals surface area (Å²) in [6.07, 6.45) is 14.1. The molecular formula is C23H32N2O5S2. The van der Waals surface area contributed by atoms with Gasteiger partial charge in [0.15, 0.2) is 10.0 Å². The Hall–Kier alpha value is -1.58. The van der Waals surface area contributed by atoms with Crippen molar-refractivity contribution >= 4 is 35.2 Å². The van der Waals surface area contributed by atoms with Crippen LogP contribution in [0, 0.1) is 11.3 Å². The van der Waals surface area contributed by atoms with Gasteiger partial charge in [-0.2, -0.15) is 0 Å². The smallest absolute Gasteiger partial charge is 0.410 e. The first-order chi connectivity index (χ1) is 15.5. The first kappa shape index (κ1) is 23.6. The fourth-order valence-electron chi connectivity index (χ4n) is 5.19. The lowest BCUT2D eigenvalue weighted by atomic mass is 9.59. The number of hydrogen-bond donors (Lipinski definition) is 2. The Morgan fingerprint density at radius 3 is 2.78 bits per heavy atom. The number of hydrogen-bond acceptors (Lipinski definition) is 7. The minimum atomic E-state index is -1.03. The molecular weight excluding hydrogens is 448 g/mol. The van der Waals surface area contributed by atoms with Crippen LogP contribution in [0.5, 0.6) is 0 Å². The molecule has 2 heterocycles. The Morgan fingerprint density at radius 1 is 1.34 bits per heavy atom. The number of thioether (sulfide) groups is 1. The van der Waals surface area contributed by atoms with E-state index in [1.165, 1.54) is 67.0 Å². The highest BCUT2D eigenvalue weighted by molar-refractivity contribution is 8.01. The van der Waals surface area contributed by atoms with Crippen molar-refractivity contribution in [1.29, 1.82) is 0 Å². The SMILES string of the molecule is O=C(O)c1csc(SCCN2C(=O)OC[C@@H]2C=C[C@@H](O)C2(CC3CCCCC3)CCC2)n1. The second kappa shape index (κ2) is 10.6. The molecule has 2 N–H and O–H groups in total. The lowest BCUT2D eigenvalue weighted by Gasteiger charge is -2.47. The van der Waals surface area contributed by atoms with Crippen molar-refractivity contribution in [3.63, 3.8) is 0 Å². The molecule has 9 heteroatoms. The average molecular weight is 481 g/mol. The number of aromatic carboxylic acids is 1. The van der Waals surface area contributed by atoms with Crippen LogP contribution in [0.25, 0.3) is 0 Å². The third-order valence-electron chi connectivity index (χ3n) is 7.18. The van der Waals surface area contributed by atoms with Crippen LogP contribution in [0.4, 0.5) is 4.79 Å². The molecule has 2 atom stereocenters. The summed E-state index contributed by atoms with van der Waals surface area (Å²) >= 11 is 2.72. The maximum atomic E-state index is 12.2. The molecule has 4 rings (SSSR count). The van der Waals surface area contributed by atoms with Crippen LogP contribution in [0.15, 0.2) is 21.9 Å². The summed E-state index contributed by atoms with van der Waals surface area (Å²) < 4.78 is 5.92. The molecule has 1 amide bonds. The van der Waals surface area contributed by atoms with Crippen molar-refractivity contribution in [1.82, 2.24) is 9.88 Å². The second-order valence-electron chi connectivity index (χ2n) is 9.24. The van der Waals surface area contributed by atoms with Gasteiger partial charge in [-0.15, -0.1) is 11.3 Å². The van der Waals surface area contributed by atoms with Gasteiger partial charge in [0.25, 0.3) is 0 Å². The zero-order valence-corrected chi connectivity index (χ0v) is 19.9. The topological polar surface area (TPSA) is 100.0 Å². The van der Waals surface area contributed by atoms with Gasteiger partial charge in [0, 0.05) is 23.1 Å². The van der Waals surface area contributed by atoms with Gasteiger partial charge >= 0.3 is 12.1 Å². The van der Waals surface area contributed by atoms with Crippen LogP contribution in [-0.2, 0) is 4.74 Å². The van der Waals surface area contributed by atoms with Crippen LogP contribution in [0.1, 0.15) is 68.3 Å². The van der Waals surface area contributed by atoms with Crippen LogP contribution in [0.2, 0.25) is 0 Å². The molecule has 2 aliphatic carbocycles. The van der Waals surface area contributed by atoms with E-state index in [9.17, 15) is 14.7 Å². The number of nitrogens with zero attached hydrogens (tertiary/aromatic N) is 2. The quantitative estimate of drug-likeness (QED) is 0.366. The van der Waals surface area contributed by atoms with Crippen LogP contribution in [0.3, 0.4) is 0 Å². The first-order valence-electron chi connectivity index (χ1n) is 11.6. The number of thiazole rings is 1. The van der Waals surface area contributed by atoms with Crippen LogP contribution >= 0.6 is 23.1 Å². The molecule has 1 aromatic heterocycles. The van der Waals surface area contributed by atoms with Gasteiger partial charge in [-0.05, 0) is 25.2 Å². The summed E-state index contributed by atoms with van der Waals surface area (Å²) in [4.78, 5) is 28.9. The number of cyclic esters (lactones) is 1. The number of amides is 1. The Labute approximate surface area is 197 Å². The number of ether oxygens (including phenoxy) is 1. The number of aliphatic hydroxyl groups excluding tert-OH is 1. The van der Waals surface area contributed by atoms with E-state index >= 15 is 0 Å². The zero-order chi connectivity index (χ0) is 22.6. The minimum Gasteiger partial charge on any atom is -0.476 e. The summed E-state index contributed by atoms with van der Waals surface area (Å²) in [5.74, 6) is 0.303. The summed E-state index contributed by atoms with van der Waals surface area (Å²) in [5.41, 5.74) is 0.0565. The van der Waals surface area contributed by atoms with Crippen molar-refractivity contribution in [2.24, 2.45) is 11.3 Å². The maximum Gasteiger partial charge on any atom is 0.410 e. The minimum absolute atomic E-state index is 0.00927. The van der Waals surface area contributed by atoms with E-state index in [0.717, 1.165) is 25.2 Å². The molecule has 32 heavy (non-hydrogen) atoms. The van der Waals surface area contributed by atoms with E-state index in [2.05, 4.69) is 4.98 Å². The molecule has 0 aromatic carbocycles. The van der Waals surface area contributed by atoms with Gasteiger partial charge in [0.2, 0.25) is 0 Å². The molecule has 1 aliphatic heterocycles. The van der Waals surface area contributed by atoms with E-state index in [-0.39, 0.29) is 23.2 Å². The highest BCUT2D eigenvalue weighted by Gasteiger charge is 2.44. The summed E-state index contributed by atoms with van der Waals surface area (Å²) in [5, 5.41) is 21.5. The summed E-state index contributed by atoms with van der Waals surface area (Å²) in [7, 11) is 0. The molecule has 0 bridgehead atoms. The van der Waals surface area contributed by atoms with E-state index in [1.54, 1.807) is 4.90 Å². The molecule has 7 nitrogen and oxygen atoms in total. The number of carbonyl (C=O) groups excluding carboxylic acids is 1. The number of aliphatic hydroxyl groups is 1. The molecule has 1 saturated heterocycles. The van der Waals surface area contributed by atoms with Gasteiger partial charge in [-0.3, -0.25) is 4.90 Å². The van der Waals surface area contributed by atoms with E-state index in [0.29, 0.717) is 23.2 Å². The maximum absolute atomic E-state index is 12.2. The van der Waals surface area contributed by atoms with Crippen molar-refractivity contribution in [3.8, 4) is 0 Å². The normalized spacial score (nSPS) is 24.5. The van der Waals surface area contributed by atoms with Crippen molar-refractivity contribution in [2.75, 3.05) is 18.9 Å². The van der Waals surface area contributed by atoms with E-state index in [1.807, 2.05) is 12.2 Å². The fraction of sp³-hybridized carbons (Fsp3) is 0.696. The van der Waals surface area contributed by atoms with Gasteiger partial charge in [-0.1, -0.05) is 62.4 Å². The number of aromatic nitrogens is 1. The molecule has 1 aromatic rings. The summed E-state index contributed by atoms with van der Waals surface area (Å²) in [6, 6.07) is -0.185. The molecule has 3 aliphatic rings. The average Bonchev–Trinajstić information content (AvgIpc) is 3.37. The molecule has 176 valence electrons. The number of carbonyl (C=O) groups is 2. The van der Waals surface area contributed by atoms with Crippen molar-refractivity contribution in [3.05, 3.63) is 23.2 Å². The Kier molecular flexibility index (Phi) is 7.78. The zero-order valence-electron chi connectivity index (χ0n) is 18.3. The molecule has 0 unspecified atom stereocenters. The van der Waals surface area contributed by atoms with Crippen LogP contribution < -0.4 is 0 Å². The van der Waals surface area contributed by atoms with Crippen LogP contribution in [-0.4, -0.2) is 63.2 Å². The van der Waals surface area contributed by atoms with Gasteiger partial charge < -0.3 is 14.9 Å². The van der Waals surface area contributed by atoms with Crippen molar-refractivity contribution < 1.29 is 24.5 Å². The predicted molar refractivity (Wildman–Crippen MR) is 124 cm³/mol. The fourth-order valence-corrected chi connectivity index (χ4v) is 7.00. The predicted octanol–water partition coefficient (Wildman–Crippen LogP) is 4.81. The lowest BCUT2D eigenvalue weighted by molar-refractivity contribution is -0.0291. The van der Waals surface area contributed by atoms with E-state index < -0.39 is 12.1 Å². The molecule has 3 fully saturated rings. The number of rotatable bonds is 10. The third kappa shape index (κ3) is 5.48. The Balaban J connectivity index is 1.30. The Bertz CT molecular complexity index is 832. The highest BCUT2D eigenvalue weighted by Crippen LogP contribution is 2.51. The number of carboxylic acid groups (broad SMARTS) is 1. The molecule has 0 radical (unpaired) electrons.